The Kier molecular flexibility index (Phi) is 15.4. The largest absolute Gasteiger partial charge is 0.338 e. The normalized spacial score (nSPS) is 13.3. The highest BCUT2D eigenvalue weighted by atomic mass is 16.2. The molecule has 0 bridgehead atoms. The van der Waals surface area contributed by atoms with Crippen molar-refractivity contribution in [3.05, 3.63) is 205 Å². The number of benzene rings is 4. The van der Waals surface area contributed by atoms with Crippen molar-refractivity contribution < 1.29 is 28.8 Å². The van der Waals surface area contributed by atoms with Crippen LogP contribution in [0.5, 0.6) is 0 Å². The Bertz CT molecular complexity index is 3890. The molecule has 12 rings (SSSR count). The third-order valence-corrected chi connectivity index (χ3v) is 13.8. The summed E-state index contributed by atoms with van der Waals surface area (Å²) >= 11 is 0. The summed E-state index contributed by atoms with van der Waals surface area (Å²) in [5.41, 5.74) is 7.51. The molecule has 2 fully saturated rings. The van der Waals surface area contributed by atoms with Crippen molar-refractivity contribution >= 4 is 68.6 Å². The zero-order valence-electron chi connectivity index (χ0n) is 43.7. The molecule has 0 atom stereocenters. The quantitative estimate of drug-likeness (QED) is 0.115. The maximum atomic E-state index is 13.0. The second-order valence-electron chi connectivity index (χ2n) is 19.2. The fraction of sp³-hybridized carbons (Fsp3) is 0.167. The van der Waals surface area contributed by atoms with Crippen molar-refractivity contribution in [3.63, 3.8) is 0 Å². The lowest BCUT2D eigenvalue weighted by atomic mass is 10.1. The Morgan fingerprint density at radius 2 is 0.914 bits per heavy atom. The van der Waals surface area contributed by atoms with Gasteiger partial charge in [-0.2, -0.15) is 15.3 Å². The number of nitrogens with zero attached hydrogens (tertiary/aromatic N) is 12. The third-order valence-electron chi connectivity index (χ3n) is 13.8. The number of hydrogen-bond acceptors (Lipinski definition) is 12. The lowest BCUT2D eigenvalue weighted by Crippen LogP contribution is -2.51. The van der Waals surface area contributed by atoms with E-state index in [9.17, 15) is 28.8 Å². The Balaban J connectivity index is 0.000000170. The van der Waals surface area contributed by atoms with Crippen LogP contribution in [0.1, 0.15) is 41.7 Å². The summed E-state index contributed by atoms with van der Waals surface area (Å²) < 4.78 is 3.22. The minimum absolute atomic E-state index is 0.0175. The van der Waals surface area contributed by atoms with E-state index in [0.29, 0.717) is 103 Å². The first-order valence-electron chi connectivity index (χ1n) is 26.2. The lowest BCUT2D eigenvalue weighted by Gasteiger charge is -2.34. The van der Waals surface area contributed by atoms with Crippen LogP contribution in [0.3, 0.4) is 0 Å². The number of carbonyl (C=O) groups excluding carboxylic acids is 6. The SMILES string of the molecule is O=C(Nc1ccc2nn(CC(=O)N3CCN(C(=O)c4ccccc4)CC3)cc2c1)c1cccc(-c2ccncc2)n1.O=C(Nc1ccc2nn(CC(=O)N3CCN(C(=O)c4ccccc4)CC3)cc2c1)c1cccc(-c2cn[nH]c2)n1. The number of rotatable bonds is 12. The van der Waals surface area contributed by atoms with Crippen LogP contribution in [0, 0.1) is 0 Å². The summed E-state index contributed by atoms with van der Waals surface area (Å²) in [6, 6.07) is 43.4. The monoisotopic (exact) mass is 1080 g/mol. The molecule has 4 aromatic carbocycles. The van der Waals surface area contributed by atoms with Gasteiger partial charge < -0.3 is 30.2 Å². The molecule has 404 valence electrons. The molecular formula is C60H53N15O6. The molecule has 8 heterocycles. The van der Waals surface area contributed by atoms with Gasteiger partial charge in [-0.1, -0.05) is 48.5 Å². The second-order valence-corrected chi connectivity index (χ2v) is 19.2. The molecule has 0 saturated carbocycles. The molecule has 0 spiro atoms. The molecule has 3 N–H and O–H groups in total. The van der Waals surface area contributed by atoms with Crippen LogP contribution < -0.4 is 10.6 Å². The first-order chi connectivity index (χ1) is 39.6. The molecule has 0 aliphatic carbocycles. The van der Waals surface area contributed by atoms with E-state index in [0.717, 1.165) is 21.9 Å². The number of H-pyrrole nitrogens is 1. The number of aromatic amines is 1. The van der Waals surface area contributed by atoms with E-state index in [1.807, 2.05) is 72.8 Å². The fourth-order valence-electron chi connectivity index (χ4n) is 9.54. The van der Waals surface area contributed by atoms with Gasteiger partial charge >= 0.3 is 0 Å². The minimum atomic E-state index is -0.336. The molecule has 10 aromatic rings. The predicted octanol–water partition coefficient (Wildman–Crippen LogP) is 6.79. The average Bonchev–Trinajstić information content (AvgIpc) is 4.33. The number of fused-ring (bicyclic) bond motifs is 2. The van der Waals surface area contributed by atoms with Gasteiger partial charge in [-0.3, -0.25) is 48.2 Å². The van der Waals surface area contributed by atoms with E-state index < -0.39 is 0 Å². The molecule has 2 saturated heterocycles. The smallest absolute Gasteiger partial charge is 0.274 e. The van der Waals surface area contributed by atoms with Gasteiger partial charge in [0.25, 0.3) is 23.6 Å². The molecule has 0 radical (unpaired) electrons. The Hall–Kier alpha value is -10.7. The lowest BCUT2D eigenvalue weighted by molar-refractivity contribution is -0.134. The zero-order valence-corrected chi connectivity index (χ0v) is 43.7. The first kappa shape index (κ1) is 52.4. The van der Waals surface area contributed by atoms with Crippen LogP contribution in [-0.4, -0.2) is 152 Å². The highest BCUT2D eigenvalue weighted by Gasteiger charge is 2.27. The van der Waals surface area contributed by atoms with Crippen molar-refractivity contribution in [3.8, 4) is 22.5 Å². The van der Waals surface area contributed by atoms with E-state index in [4.69, 9.17) is 0 Å². The minimum Gasteiger partial charge on any atom is -0.338 e. The molecule has 0 unspecified atom stereocenters. The zero-order chi connectivity index (χ0) is 55.7. The highest BCUT2D eigenvalue weighted by molar-refractivity contribution is 6.05. The molecule has 2 aliphatic rings. The van der Waals surface area contributed by atoms with Gasteiger partial charge in [-0.05, 0) is 97.1 Å². The Labute approximate surface area is 463 Å². The predicted molar refractivity (Wildman–Crippen MR) is 303 cm³/mol. The number of hydrogen-bond donors (Lipinski definition) is 3. The second kappa shape index (κ2) is 23.9. The highest BCUT2D eigenvalue weighted by Crippen LogP contribution is 2.23. The molecule has 21 nitrogen and oxygen atoms in total. The van der Waals surface area contributed by atoms with Gasteiger partial charge in [-0.15, -0.1) is 0 Å². The average molecular weight is 1080 g/mol. The summed E-state index contributed by atoms with van der Waals surface area (Å²) in [5.74, 6) is -0.814. The fourth-order valence-corrected chi connectivity index (χ4v) is 9.54. The van der Waals surface area contributed by atoms with Crippen molar-refractivity contribution in [2.75, 3.05) is 63.0 Å². The van der Waals surface area contributed by atoms with E-state index in [2.05, 4.69) is 46.0 Å². The number of aromatic nitrogens is 9. The van der Waals surface area contributed by atoms with Crippen molar-refractivity contribution in [2.45, 2.75) is 13.1 Å². The topological polar surface area (TPSA) is 242 Å². The summed E-state index contributed by atoms with van der Waals surface area (Å²) in [5, 5.41) is 23.1. The van der Waals surface area contributed by atoms with Crippen molar-refractivity contribution in [1.82, 2.24) is 64.3 Å². The molecule has 81 heavy (non-hydrogen) atoms. The Morgan fingerprint density at radius 1 is 0.469 bits per heavy atom. The van der Waals surface area contributed by atoms with Gasteiger partial charge in [0.05, 0.1) is 28.6 Å². The summed E-state index contributed by atoms with van der Waals surface area (Å²) in [6.45, 7) is 4.05. The van der Waals surface area contributed by atoms with Gasteiger partial charge in [-0.25, -0.2) is 9.97 Å². The van der Waals surface area contributed by atoms with Crippen molar-refractivity contribution in [2.24, 2.45) is 0 Å². The van der Waals surface area contributed by atoms with E-state index >= 15 is 0 Å². The molecule has 21 heteroatoms. The molecular weight excluding hydrogens is 1030 g/mol. The van der Waals surface area contributed by atoms with Gasteiger partial charge in [0.15, 0.2) is 0 Å². The van der Waals surface area contributed by atoms with Crippen LogP contribution in [0.4, 0.5) is 11.4 Å². The van der Waals surface area contributed by atoms with E-state index in [-0.39, 0.29) is 54.2 Å². The summed E-state index contributed by atoms with van der Waals surface area (Å²) in [4.78, 5) is 97.1. The number of piperazine rings is 2. The summed E-state index contributed by atoms with van der Waals surface area (Å²) in [6.07, 6.45) is 10.3. The van der Waals surface area contributed by atoms with Gasteiger partial charge in [0.2, 0.25) is 11.8 Å². The van der Waals surface area contributed by atoms with Crippen LogP contribution in [0.15, 0.2) is 183 Å². The standard InChI is InChI=1S/C31H27N7O3.C29H26N8O3/c39-29(36-15-17-37(18-16-36)31(41)23-5-2-1-3-6-23)21-38-20-24-19-25(9-10-27(24)35-38)33-30(40)28-8-4-7-26(34-28)22-11-13-32-14-12-22;38-27(35-11-13-36(14-12-35)29(40)20-5-2-1-3-6-20)19-37-18-21-15-23(9-10-25(21)34-37)32-28(39)26-8-4-7-24(33-26)22-16-30-31-17-22/h1-14,19-20H,15-18,21H2,(H,33,40);1-10,15-18H,11-14,19H2,(H,30,31)(H,32,39). The van der Waals surface area contributed by atoms with E-state index in [1.54, 1.807) is 139 Å². The summed E-state index contributed by atoms with van der Waals surface area (Å²) in [7, 11) is 0. The van der Waals surface area contributed by atoms with Gasteiger partial charge in [0.1, 0.15) is 24.5 Å². The van der Waals surface area contributed by atoms with Crippen molar-refractivity contribution in [1.29, 1.82) is 0 Å². The number of carbonyl (C=O) groups is 6. The number of amides is 6. The van der Waals surface area contributed by atoms with Crippen LogP contribution in [-0.2, 0) is 22.7 Å². The molecule has 6 aromatic heterocycles. The number of pyridine rings is 3. The van der Waals surface area contributed by atoms with Crippen LogP contribution in [0.25, 0.3) is 44.3 Å². The molecule has 2 aliphatic heterocycles. The third kappa shape index (κ3) is 12.5. The van der Waals surface area contributed by atoms with Crippen LogP contribution >= 0.6 is 0 Å². The first-order valence-corrected chi connectivity index (χ1v) is 26.2. The maximum absolute atomic E-state index is 13.0. The van der Waals surface area contributed by atoms with Crippen LogP contribution in [0.2, 0.25) is 0 Å². The number of nitrogens with one attached hydrogen (secondary N) is 3. The van der Waals surface area contributed by atoms with E-state index in [1.165, 1.54) is 0 Å². The Morgan fingerprint density at radius 3 is 1.36 bits per heavy atom. The molecule has 6 amide bonds. The van der Waals surface area contributed by atoms with Gasteiger partial charge in [0, 0.05) is 128 Å². The maximum Gasteiger partial charge on any atom is 0.274 e. The number of anilines is 2.